The second-order valence-corrected chi connectivity index (χ2v) is 9.04. The number of furan rings is 1. The molecule has 2 fully saturated rings. The summed E-state index contributed by atoms with van der Waals surface area (Å²) in [5.74, 6) is 2.13. The number of amides is 1. The first kappa shape index (κ1) is 19.8. The Hall–Kier alpha value is -3.09. The van der Waals surface area contributed by atoms with E-state index in [2.05, 4.69) is 41.3 Å². The van der Waals surface area contributed by atoms with Crippen molar-refractivity contribution < 1.29 is 13.9 Å². The summed E-state index contributed by atoms with van der Waals surface area (Å²) in [6, 6.07) is 8.11. The zero-order valence-corrected chi connectivity index (χ0v) is 18.3. The molecule has 0 bridgehead atoms. The first-order valence-electron chi connectivity index (χ1n) is 11.0. The van der Waals surface area contributed by atoms with Crippen molar-refractivity contribution in [3.05, 3.63) is 47.5 Å². The normalized spacial score (nSPS) is 18.2. The lowest BCUT2D eigenvalue weighted by Gasteiger charge is -2.32. The average Bonchev–Trinajstić information content (AvgIpc) is 3.38. The van der Waals surface area contributed by atoms with Crippen molar-refractivity contribution in [1.29, 1.82) is 0 Å². The van der Waals surface area contributed by atoms with Crippen LogP contribution >= 0.6 is 0 Å². The molecular formula is C24H28N4O3. The SMILES string of the molecule is Cc1ccc(OC2CCN(C(=O)c3c(C)oc4ncnc(NC5(C)CC5)c34)CC2)cc1. The zero-order valence-electron chi connectivity index (χ0n) is 18.3. The Balaban J connectivity index is 1.32. The first-order chi connectivity index (χ1) is 14.9. The number of carbonyl (C=O) groups is 1. The highest BCUT2D eigenvalue weighted by Gasteiger charge is 2.39. The van der Waals surface area contributed by atoms with Crippen molar-refractivity contribution in [3.8, 4) is 5.75 Å². The molecule has 0 spiro atoms. The highest BCUT2D eigenvalue weighted by atomic mass is 16.5. The molecule has 1 aromatic carbocycles. The monoisotopic (exact) mass is 420 g/mol. The molecule has 1 N–H and O–H groups in total. The van der Waals surface area contributed by atoms with Gasteiger partial charge in [-0.05, 0) is 45.7 Å². The summed E-state index contributed by atoms with van der Waals surface area (Å²) in [6.45, 7) is 7.34. The smallest absolute Gasteiger partial charge is 0.258 e. The fourth-order valence-corrected chi connectivity index (χ4v) is 4.14. The van der Waals surface area contributed by atoms with Gasteiger partial charge in [0.05, 0.1) is 10.9 Å². The van der Waals surface area contributed by atoms with Gasteiger partial charge in [-0.3, -0.25) is 4.79 Å². The molecule has 1 aliphatic carbocycles. The van der Waals surface area contributed by atoms with Gasteiger partial charge in [-0.15, -0.1) is 0 Å². The summed E-state index contributed by atoms with van der Waals surface area (Å²) in [7, 11) is 0. The first-order valence-corrected chi connectivity index (χ1v) is 11.0. The number of benzene rings is 1. The molecule has 1 aliphatic heterocycles. The fourth-order valence-electron chi connectivity index (χ4n) is 4.14. The highest BCUT2D eigenvalue weighted by Crippen LogP contribution is 2.40. The van der Waals surface area contributed by atoms with Gasteiger partial charge in [-0.2, -0.15) is 0 Å². The van der Waals surface area contributed by atoms with Gasteiger partial charge >= 0.3 is 0 Å². The average molecular weight is 421 g/mol. The molecule has 2 aromatic heterocycles. The Morgan fingerprint density at radius 1 is 1.16 bits per heavy atom. The number of anilines is 1. The molecule has 2 aliphatic rings. The third kappa shape index (κ3) is 3.96. The molecule has 3 aromatic rings. The van der Waals surface area contributed by atoms with Crippen LogP contribution in [0.1, 0.15) is 54.3 Å². The van der Waals surface area contributed by atoms with Crippen LogP contribution in [-0.2, 0) is 0 Å². The third-order valence-corrected chi connectivity index (χ3v) is 6.35. The zero-order chi connectivity index (χ0) is 21.6. The van der Waals surface area contributed by atoms with Crippen molar-refractivity contribution in [1.82, 2.24) is 14.9 Å². The lowest BCUT2D eigenvalue weighted by molar-refractivity contribution is 0.0595. The minimum Gasteiger partial charge on any atom is -0.490 e. The topological polar surface area (TPSA) is 80.5 Å². The Labute approximate surface area is 181 Å². The second-order valence-electron chi connectivity index (χ2n) is 9.04. The quantitative estimate of drug-likeness (QED) is 0.655. The standard InChI is InChI=1S/C24H28N4O3/c1-15-4-6-17(7-5-15)31-18-8-12-28(13-9-18)23(29)19-16(2)30-22-20(19)21(25-14-26-22)27-24(3)10-11-24/h4-7,14,18H,8-13H2,1-3H3,(H,25,26,27). The van der Waals surface area contributed by atoms with Crippen LogP contribution in [0, 0.1) is 13.8 Å². The predicted molar refractivity (Wildman–Crippen MR) is 119 cm³/mol. The second kappa shape index (κ2) is 7.55. The lowest BCUT2D eigenvalue weighted by Crippen LogP contribution is -2.42. The van der Waals surface area contributed by atoms with Gasteiger partial charge in [0.1, 0.15) is 29.8 Å². The summed E-state index contributed by atoms with van der Waals surface area (Å²) in [5, 5.41) is 4.17. The third-order valence-electron chi connectivity index (χ3n) is 6.35. The number of aryl methyl sites for hydroxylation is 2. The van der Waals surface area contributed by atoms with Gasteiger partial charge in [0.25, 0.3) is 5.91 Å². The van der Waals surface area contributed by atoms with Crippen LogP contribution in [0.25, 0.3) is 11.1 Å². The molecule has 5 rings (SSSR count). The van der Waals surface area contributed by atoms with Crippen molar-refractivity contribution in [3.63, 3.8) is 0 Å². The van der Waals surface area contributed by atoms with E-state index in [0.29, 0.717) is 41.3 Å². The number of fused-ring (bicyclic) bond motifs is 1. The molecule has 1 saturated heterocycles. The van der Waals surface area contributed by atoms with Crippen LogP contribution in [0.3, 0.4) is 0 Å². The van der Waals surface area contributed by atoms with Crippen LogP contribution in [0.15, 0.2) is 35.0 Å². The molecule has 7 nitrogen and oxygen atoms in total. The van der Waals surface area contributed by atoms with Crippen LogP contribution in [0.5, 0.6) is 5.75 Å². The van der Waals surface area contributed by atoms with Crippen LogP contribution < -0.4 is 10.1 Å². The number of nitrogens with zero attached hydrogens (tertiary/aromatic N) is 3. The van der Waals surface area contributed by atoms with Crippen molar-refractivity contribution in [2.45, 2.75) is 58.1 Å². The van der Waals surface area contributed by atoms with E-state index in [1.807, 2.05) is 24.0 Å². The molecule has 0 unspecified atom stereocenters. The minimum atomic E-state index is -0.0242. The highest BCUT2D eigenvalue weighted by molar-refractivity contribution is 6.10. The Bertz CT molecular complexity index is 1110. The minimum absolute atomic E-state index is 0.0242. The Morgan fingerprint density at radius 2 is 1.87 bits per heavy atom. The van der Waals surface area contributed by atoms with E-state index < -0.39 is 0 Å². The van der Waals surface area contributed by atoms with Gasteiger partial charge < -0.3 is 19.4 Å². The number of ether oxygens (including phenoxy) is 1. The summed E-state index contributed by atoms with van der Waals surface area (Å²) < 4.78 is 12.0. The van der Waals surface area contributed by atoms with Crippen LogP contribution in [0.2, 0.25) is 0 Å². The molecule has 31 heavy (non-hydrogen) atoms. The summed E-state index contributed by atoms with van der Waals surface area (Å²) in [6.07, 6.45) is 5.38. The molecule has 162 valence electrons. The lowest BCUT2D eigenvalue weighted by atomic mass is 10.0. The molecule has 7 heteroatoms. The number of nitrogens with one attached hydrogen (secondary N) is 1. The maximum Gasteiger partial charge on any atom is 0.258 e. The largest absolute Gasteiger partial charge is 0.490 e. The molecule has 0 radical (unpaired) electrons. The number of aromatic nitrogens is 2. The Morgan fingerprint density at radius 3 is 2.55 bits per heavy atom. The van der Waals surface area contributed by atoms with E-state index in [1.54, 1.807) is 0 Å². The van der Waals surface area contributed by atoms with Crippen molar-refractivity contribution in [2.75, 3.05) is 18.4 Å². The van der Waals surface area contributed by atoms with E-state index >= 15 is 0 Å². The number of likely N-dealkylation sites (tertiary alicyclic amines) is 1. The van der Waals surface area contributed by atoms with Gasteiger partial charge in [-0.25, -0.2) is 9.97 Å². The number of hydrogen-bond acceptors (Lipinski definition) is 6. The van der Waals surface area contributed by atoms with E-state index in [9.17, 15) is 4.79 Å². The number of piperidine rings is 1. The fraction of sp³-hybridized carbons (Fsp3) is 0.458. The van der Waals surface area contributed by atoms with E-state index in [4.69, 9.17) is 9.15 Å². The number of hydrogen-bond donors (Lipinski definition) is 1. The van der Waals surface area contributed by atoms with E-state index in [-0.39, 0.29) is 17.6 Å². The summed E-state index contributed by atoms with van der Waals surface area (Å²) in [5.41, 5.74) is 2.28. The van der Waals surface area contributed by atoms with Gasteiger partial charge in [0.2, 0.25) is 5.71 Å². The number of rotatable bonds is 5. The van der Waals surface area contributed by atoms with E-state index in [1.165, 1.54) is 11.9 Å². The molecule has 3 heterocycles. The summed E-state index contributed by atoms with van der Waals surface area (Å²) >= 11 is 0. The van der Waals surface area contributed by atoms with Gasteiger partial charge in [0, 0.05) is 31.5 Å². The Kier molecular flexibility index (Phi) is 4.84. The molecule has 1 amide bonds. The van der Waals surface area contributed by atoms with Crippen LogP contribution in [0.4, 0.5) is 5.82 Å². The number of carbonyl (C=O) groups excluding carboxylic acids is 1. The maximum absolute atomic E-state index is 13.5. The van der Waals surface area contributed by atoms with E-state index in [0.717, 1.165) is 31.4 Å². The van der Waals surface area contributed by atoms with Gasteiger partial charge in [-0.1, -0.05) is 17.7 Å². The predicted octanol–water partition coefficient (Wildman–Crippen LogP) is 4.49. The molecule has 1 saturated carbocycles. The van der Waals surface area contributed by atoms with Crippen LogP contribution in [-0.4, -0.2) is 45.5 Å². The van der Waals surface area contributed by atoms with Gasteiger partial charge in [0.15, 0.2) is 0 Å². The molecular weight excluding hydrogens is 392 g/mol. The maximum atomic E-state index is 13.5. The van der Waals surface area contributed by atoms with Crippen molar-refractivity contribution >= 4 is 22.8 Å². The summed E-state index contributed by atoms with van der Waals surface area (Å²) in [4.78, 5) is 24.0. The van der Waals surface area contributed by atoms with Crippen molar-refractivity contribution in [2.24, 2.45) is 0 Å². The molecule has 0 atom stereocenters.